The van der Waals surface area contributed by atoms with Crippen molar-refractivity contribution < 1.29 is 19.0 Å². The Hall–Kier alpha value is -1.55. The maximum absolute atomic E-state index is 12.9. The Morgan fingerprint density at radius 3 is 2.23 bits per heavy atom. The number of carbonyl (C=O) groups excluding carboxylic acids is 1. The van der Waals surface area contributed by atoms with E-state index in [2.05, 4.69) is 0 Å². The lowest BCUT2D eigenvalue weighted by atomic mass is 9.84. The van der Waals surface area contributed by atoms with Crippen LogP contribution in [0.1, 0.15) is 52.0 Å². The zero-order valence-corrected chi connectivity index (χ0v) is 13.8. The molecule has 1 spiro atoms. The lowest BCUT2D eigenvalue weighted by Gasteiger charge is -2.24. The first-order valence-corrected chi connectivity index (χ1v) is 7.91. The third-order valence-corrected chi connectivity index (χ3v) is 4.54. The van der Waals surface area contributed by atoms with E-state index in [-0.39, 0.29) is 11.6 Å². The number of esters is 1. The normalized spacial score (nSPS) is 26.0. The Labute approximate surface area is 131 Å². The number of hydrogen-bond acceptors (Lipinski definition) is 4. The summed E-state index contributed by atoms with van der Waals surface area (Å²) in [5, 5.41) is 0. The van der Waals surface area contributed by atoms with Gasteiger partial charge in [0.2, 0.25) is 5.60 Å². The molecule has 1 aromatic carbocycles. The maximum atomic E-state index is 12.9. The summed E-state index contributed by atoms with van der Waals surface area (Å²) in [6.07, 6.45) is 4.03. The van der Waals surface area contributed by atoms with Crippen LogP contribution >= 0.6 is 0 Å². The Bertz CT molecular complexity index is 564. The third-order valence-electron chi connectivity index (χ3n) is 4.54. The van der Waals surface area contributed by atoms with Crippen LogP contribution in [0.4, 0.5) is 0 Å². The van der Waals surface area contributed by atoms with E-state index in [1.165, 1.54) is 0 Å². The highest BCUT2D eigenvalue weighted by atomic mass is 16.7. The number of rotatable bonds is 3. The van der Waals surface area contributed by atoms with Crippen molar-refractivity contribution in [1.29, 1.82) is 0 Å². The SMILES string of the molecule is COc1ccc(C2(C(=O)OC(C)(C)C)OC23CCCC3)cc1. The molecule has 4 heteroatoms. The Morgan fingerprint density at radius 2 is 1.73 bits per heavy atom. The summed E-state index contributed by atoms with van der Waals surface area (Å²) in [4.78, 5) is 12.9. The van der Waals surface area contributed by atoms with Crippen molar-refractivity contribution in [2.75, 3.05) is 7.11 Å². The maximum Gasteiger partial charge on any atom is 0.346 e. The zero-order valence-electron chi connectivity index (χ0n) is 13.8. The topological polar surface area (TPSA) is 48.1 Å². The van der Waals surface area contributed by atoms with E-state index in [1.54, 1.807) is 7.11 Å². The fourth-order valence-electron chi connectivity index (χ4n) is 3.51. The summed E-state index contributed by atoms with van der Waals surface area (Å²) in [5.74, 6) is 0.497. The summed E-state index contributed by atoms with van der Waals surface area (Å²) >= 11 is 0. The lowest BCUT2D eigenvalue weighted by molar-refractivity contribution is -0.162. The molecule has 0 bridgehead atoms. The van der Waals surface area contributed by atoms with Gasteiger partial charge in [-0.25, -0.2) is 4.79 Å². The van der Waals surface area contributed by atoms with Gasteiger partial charge in [0.05, 0.1) is 7.11 Å². The molecule has 1 saturated heterocycles. The molecule has 1 atom stereocenters. The van der Waals surface area contributed by atoms with Gasteiger partial charge in [-0.3, -0.25) is 0 Å². The quantitative estimate of drug-likeness (QED) is 0.632. The van der Waals surface area contributed by atoms with Gasteiger partial charge in [-0.15, -0.1) is 0 Å². The molecule has 0 radical (unpaired) electrons. The van der Waals surface area contributed by atoms with Crippen molar-refractivity contribution in [2.24, 2.45) is 0 Å². The predicted octanol–water partition coefficient (Wildman–Crippen LogP) is 3.58. The fraction of sp³-hybridized carbons (Fsp3) is 0.611. The number of methoxy groups -OCH3 is 1. The minimum absolute atomic E-state index is 0.271. The van der Waals surface area contributed by atoms with Crippen LogP contribution in [0.3, 0.4) is 0 Å². The molecular formula is C18H24O4. The second-order valence-electron chi connectivity index (χ2n) is 7.22. The van der Waals surface area contributed by atoms with Crippen LogP contribution in [0.5, 0.6) is 5.75 Å². The van der Waals surface area contributed by atoms with Crippen LogP contribution in [0.25, 0.3) is 0 Å². The van der Waals surface area contributed by atoms with Crippen LogP contribution in [-0.2, 0) is 19.9 Å². The van der Waals surface area contributed by atoms with Gasteiger partial charge < -0.3 is 14.2 Å². The first-order chi connectivity index (χ1) is 10.3. The van der Waals surface area contributed by atoms with E-state index in [1.807, 2.05) is 45.0 Å². The van der Waals surface area contributed by atoms with Gasteiger partial charge in [0.15, 0.2) is 0 Å². The number of carbonyl (C=O) groups is 1. The zero-order chi connectivity index (χ0) is 16.0. The van der Waals surface area contributed by atoms with Crippen molar-refractivity contribution in [3.05, 3.63) is 29.8 Å². The monoisotopic (exact) mass is 304 g/mol. The van der Waals surface area contributed by atoms with E-state index in [0.29, 0.717) is 0 Å². The molecule has 2 fully saturated rings. The lowest BCUT2D eigenvalue weighted by Crippen LogP contribution is -2.37. The summed E-state index contributed by atoms with van der Waals surface area (Å²) in [5.41, 5.74) is -0.973. The molecule has 3 rings (SSSR count). The number of ether oxygens (including phenoxy) is 3. The van der Waals surface area contributed by atoms with E-state index in [4.69, 9.17) is 14.2 Å². The average molecular weight is 304 g/mol. The second-order valence-corrected chi connectivity index (χ2v) is 7.22. The molecule has 22 heavy (non-hydrogen) atoms. The number of hydrogen-bond donors (Lipinski definition) is 0. The molecule has 1 aromatic rings. The molecule has 0 N–H and O–H groups in total. The highest BCUT2D eigenvalue weighted by Gasteiger charge is 2.76. The standard InChI is InChI=1S/C18H24O4/c1-16(2,3)21-15(19)18(17(22-18)11-5-6-12-17)13-7-9-14(20-4)10-8-13/h7-10H,5-6,11-12H2,1-4H3. The molecule has 0 aromatic heterocycles. The van der Waals surface area contributed by atoms with Crippen molar-refractivity contribution in [2.45, 2.75) is 63.3 Å². The molecule has 1 saturated carbocycles. The molecule has 2 aliphatic rings. The first-order valence-electron chi connectivity index (χ1n) is 7.91. The Kier molecular flexibility index (Phi) is 3.48. The van der Waals surface area contributed by atoms with Crippen LogP contribution in [0.2, 0.25) is 0 Å². The number of benzene rings is 1. The van der Waals surface area contributed by atoms with Crippen LogP contribution in [0, 0.1) is 0 Å². The molecule has 1 aliphatic carbocycles. The van der Waals surface area contributed by atoms with Crippen molar-refractivity contribution in [3.8, 4) is 5.75 Å². The Balaban J connectivity index is 1.96. The van der Waals surface area contributed by atoms with E-state index < -0.39 is 11.2 Å². The van der Waals surface area contributed by atoms with Crippen molar-refractivity contribution in [1.82, 2.24) is 0 Å². The molecule has 1 unspecified atom stereocenters. The molecule has 1 aliphatic heterocycles. The van der Waals surface area contributed by atoms with Gasteiger partial charge in [0.25, 0.3) is 0 Å². The minimum atomic E-state index is -0.941. The third kappa shape index (κ3) is 2.30. The average Bonchev–Trinajstić information content (AvgIpc) is 2.86. The van der Waals surface area contributed by atoms with Gasteiger partial charge in [-0.05, 0) is 51.3 Å². The summed E-state index contributed by atoms with van der Waals surface area (Å²) in [6.45, 7) is 5.66. The summed E-state index contributed by atoms with van der Waals surface area (Å²) in [6, 6.07) is 7.56. The van der Waals surface area contributed by atoms with Crippen LogP contribution < -0.4 is 4.74 Å². The van der Waals surface area contributed by atoms with Crippen LogP contribution in [0.15, 0.2) is 24.3 Å². The highest BCUT2D eigenvalue weighted by Crippen LogP contribution is 2.64. The fourth-order valence-corrected chi connectivity index (χ4v) is 3.51. The van der Waals surface area contributed by atoms with E-state index in [0.717, 1.165) is 37.0 Å². The molecule has 4 nitrogen and oxygen atoms in total. The Morgan fingerprint density at radius 1 is 1.14 bits per heavy atom. The molecule has 120 valence electrons. The van der Waals surface area contributed by atoms with E-state index >= 15 is 0 Å². The number of epoxide rings is 1. The van der Waals surface area contributed by atoms with Gasteiger partial charge in [0.1, 0.15) is 17.0 Å². The van der Waals surface area contributed by atoms with Gasteiger partial charge >= 0.3 is 5.97 Å². The molecule has 1 heterocycles. The van der Waals surface area contributed by atoms with Gasteiger partial charge in [0, 0.05) is 0 Å². The minimum Gasteiger partial charge on any atom is -0.497 e. The van der Waals surface area contributed by atoms with Crippen molar-refractivity contribution >= 4 is 5.97 Å². The molecular weight excluding hydrogens is 280 g/mol. The van der Waals surface area contributed by atoms with Crippen LogP contribution in [-0.4, -0.2) is 24.3 Å². The summed E-state index contributed by atoms with van der Waals surface area (Å²) in [7, 11) is 1.63. The second kappa shape index (κ2) is 4.98. The van der Waals surface area contributed by atoms with Gasteiger partial charge in [-0.1, -0.05) is 25.0 Å². The summed E-state index contributed by atoms with van der Waals surface area (Å²) < 4.78 is 17.0. The van der Waals surface area contributed by atoms with E-state index in [9.17, 15) is 4.79 Å². The van der Waals surface area contributed by atoms with Crippen molar-refractivity contribution in [3.63, 3.8) is 0 Å². The molecule has 0 amide bonds. The van der Waals surface area contributed by atoms with Gasteiger partial charge in [-0.2, -0.15) is 0 Å². The smallest absolute Gasteiger partial charge is 0.346 e. The largest absolute Gasteiger partial charge is 0.497 e. The predicted molar refractivity (Wildman–Crippen MR) is 82.8 cm³/mol. The first kappa shape index (κ1) is 15.3. The highest BCUT2D eigenvalue weighted by molar-refractivity contribution is 5.87.